The Bertz CT molecular complexity index is 2770. The average Bonchev–Trinajstić information content (AvgIpc) is 3.27. The van der Waals surface area contributed by atoms with Crippen LogP contribution in [0.15, 0.2) is 133 Å². The summed E-state index contributed by atoms with van der Waals surface area (Å²) in [4.78, 5) is 2.73. The standard InChI is InChI=1S/C59H59N/c1-56-31-11-13-33-58(56,3)55(41-15-7-5-8-16-41)49-27-23-42(35-44(49)37-56)47-25-19-39-22-29-51-48(26-20-40-21-28-50(47)53(39)54(40)51)43-24-30-52-45(36-43)38-57(2)32-12-14-34-59(57,4)60(52)46-17-9-6-10-18-46/h5-10,15-21,23-30,35-36,48,55H,11-14,22,31-34,37-38H2,1-4H3. The summed E-state index contributed by atoms with van der Waals surface area (Å²) in [6.45, 7) is 10.4. The van der Waals surface area contributed by atoms with Crippen LogP contribution in [0.3, 0.4) is 0 Å². The van der Waals surface area contributed by atoms with Crippen LogP contribution in [0.2, 0.25) is 0 Å². The summed E-state index contributed by atoms with van der Waals surface area (Å²) in [5.74, 6) is 0.669. The van der Waals surface area contributed by atoms with Gasteiger partial charge >= 0.3 is 0 Å². The highest BCUT2D eigenvalue weighted by Crippen LogP contribution is 2.65. The summed E-state index contributed by atoms with van der Waals surface area (Å²) in [7, 11) is 0. The average molecular weight is 782 g/mol. The van der Waals surface area contributed by atoms with E-state index in [2.05, 4.69) is 172 Å². The van der Waals surface area contributed by atoms with Crippen molar-refractivity contribution in [3.63, 3.8) is 0 Å². The van der Waals surface area contributed by atoms with Gasteiger partial charge in [-0.3, -0.25) is 0 Å². The van der Waals surface area contributed by atoms with Crippen molar-refractivity contribution >= 4 is 33.8 Å². The molecule has 2 fully saturated rings. The van der Waals surface area contributed by atoms with Gasteiger partial charge in [-0.2, -0.15) is 0 Å². The molecule has 6 unspecified atom stereocenters. The molecule has 6 aliphatic rings. The molecule has 6 aromatic carbocycles. The Balaban J connectivity index is 0.946. The zero-order valence-electron chi connectivity index (χ0n) is 36.2. The molecule has 300 valence electrons. The monoisotopic (exact) mass is 781 g/mol. The van der Waals surface area contributed by atoms with Gasteiger partial charge in [-0.05, 0) is 158 Å². The van der Waals surface area contributed by atoms with Crippen LogP contribution in [0.1, 0.15) is 135 Å². The van der Waals surface area contributed by atoms with E-state index in [1.807, 2.05) is 0 Å². The fourth-order valence-corrected chi connectivity index (χ4v) is 14.2. The highest BCUT2D eigenvalue weighted by atomic mass is 15.2. The van der Waals surface area contributed by atoms with Crippen molar-refractivity contribution in [2.24, 2.45) is 16.2 Å². The molecule has 5 aliphatic carbocycles. The molecule has 0 spiro atoms. The van der Waals surface area contributed by atoms with Crippen LogP contribution in [0.4, 0.5) is 11.4 Å². The van der Waals surface area contributed by atoms with Gasteiger partial charge in [0.1, 0.15) is 0 Å². The highest BCUT2D eigenvalue weighted by molar-refractivity contribution is 6.09. The minimum Gasteiger partial charge on any atom is -0.335 e. The molecule has 1 heteroatoms. The number of rotatable bonds is 4. The third-order valence-electron chi connectivity index (χ3n) is 17.8. The van der Waals surface area contributed by atoms with Crippen molar-refractivity contribution in [2.45, 2.75) is 116 Å². The lowest BCUT2D eigenvalue weighted by Crippen LogP contribution is -2.60. The lowest BCUT2D eigenvalue weighted by atomic mass is 9.46. The third kappa shape index (κ3) is 5.11. The Morgan fingerprint density at radius 3 is 2.18 bits per heavy atom. The van der Waals surface area contributed by atoms with E-state index in [1.165, 1.54) is 130 Å². The maximum absolute atomic E-state index is 2.73. The fraction of sp³-hybridized carbons (Fsp3) is 0.356. The van der Waals surface area contributed by atoms with E-state index in [4.69, 9.17) is 0 Å². The molecule has 12 rings (SSSR count). The molecule has 6 atom stereocenters. The van der Waals surface area contributed by atoms with Gasteiger partial charge in [-0.25, -0.2) is 0 Å². The molecule has 2 saturated carbocycles. The number of allylic oxidation sites excluding steroid dienone is 3. The summed E-state index contributed by atoms with van der Waals surface area (Å²) in [5.41, 5.74) is 19.7. The lowest BCUT2D eigenvalue weighted by Gasteiger charge is -2.60. The molecule has 0 aromatic heterocycles. The van der Waals surface area contributed by atoms with Crippen LogP contribution in [-0.4, -0.2) is 5.54 Å². The quantitative estimate of drug-likeness (QED) is 0.172. The number of nitrogens with zero attached hydrogens (tertiary/aromatic N) is 1. The number of benzene rings is 6. The maximum atomic E-state index is 2.73. The van der Waals surface area contributed by atoms with E-state index < -0.39 is 0 Å². The first kappa shape index (κ1) is 36.7. The zero-order chi connectivity index (χ0) is 40.4. The summed E-state index contributed by atoms with van der Waals surface area (Å²) in [6, 6.07) is 47.6. The van der Waals surface area contributed by atoms with Gasteiger partial charge in [0.05, 0.1) is 0 Å². The minimum atomic E-state index is 0.0970. The van der Waals surface area contributed by atoms with Gasteiger partial charge in [0.2, 0.25) is 0 Å². The first-order valence-electron chi connectivity index (χ1n) is 23.3. The number of anilines is 2. The Kier molecular flexibility index (Phi) is 8.06. The Morgan fingerprint density at radius 2 is 1.35 bits per heavy atom. The Labute approximate surface area is 358 Å². The van der Waals surface area contributed by atoms with Crippen molar-refractivity contribution in [3.8, 4) is 11.1 Å². The zero-order valence-corrected chi connectivity index (χ0v) is 36.2. The smallest absolute Gasteiger partial charge is 0.0480 e. The van der Waals surface area contributed by atoms with Crippen LogP contribution >= 0.6 is 0 Å². The van der Waals surface area contributed by atoms with Crippen molar-refractivity contribution < 1.29 is 0 Å². The largest absolute Gasteiger partial charge is 0.335 e. The van der Waals surface area contributed by atoms with Crippen molar-refractivity contribution in [3.05, 3.63) is 178 Å². The molecular formula is C59H59N. The van der Waals surface area contributed by atoms with Gasteiger partial charge in [0.15, 0.2) is 0 Å². The van der Waals surface area contributed by atoms with Gasteiger partial charge in [0.25, 0.3) is 0 Å². The van der Waals surface area contributed by atoms with Crippen LogP contribution in [0.5, 0.6) is 0 Å². The summed E-state index contributed by atoms with van der Waals surface area (Å²) < 4.78 is 0. The maximum Gasteiger partial charge on any atom is 0.0480 e. The second-order valence-corrected chi connectivity index (χ2v) is 20.8. The fourth-order valence-electron chi connectivity index (χ4n) is 14.2. The SMILES string of the molecule is CC12CCCCC1(C)C(c1ccccc1)c1ccc(-c3ccc4c5c6c(ccc35)C=CC(c3ccc5c(c3)CC3(C)CCCCC3(C)N5c3ccccc3)C6=CC4)cc1C2. The Morgan fingerprint density at radius 1 is 0.600 bits per heavy atom. The molecule has 1 heterocycles. The molecule has 1 aliphatic heterocycles. The van der Waals surface area contributed by atoms with E-state index >= 15 is 0 Å². The van der Waals surface area contributed by atoms with Crippen molar-refractivity contribution in [1.29, 1.82) is 0 Å². The molecule has 0 radical (unpaired) electrons. The van der Waals surface area contributed by atoms with Gasteiger partial charge in [0, 0.05) is 28.7 Å². The molecule has 0 amide bonds. The predicted molar refractivity (Wildman–Crippen MR) is 253 cm³/mol. The molecular weight excluding hydrogens is 723 g/mol. The van der Waals surface area contributed by atoms with Gasteiger partial charge < -0.3 is 4.90 Å². The van der Waals surface area contributed by atoms with Gasteiger partial charge in [-0.15, -0.1) is 0 Å². The lowest BCUT2D eigenvalue weighted by molar-refractivity contribution is -0.00924. The van der Waals surface area contributed by atoms with Crippen LogP contribution < -0.4 is 4.90 Å². The highest BCUT2D eigenvalue weighted by Gasteiger charge is 2.55. The number of hydrogen-bond donors (Lipinski definition) is 0. The summed E-state index contributed by atoms with van der Waals surface area (Å²) >= 11 is 0. The third-order valence-corrected chi connectivity index (χ3v) is 17.8. The predicted octanol–water partition coefficient (Wildman–Crippen LogP) is 15.6. The molecule has 60 heavy (non-hydrogen) atoms. The van der Waals surface area contributed by atoms with Crippen LogP contribution in [0, 0.1) is 16.2 Å². The van der Waals surface area contributed by atoms with Crippen molar-refractivity contribution in [2.75, 3.05) is 4.90 Å². The molecule has 1 nitrogen and oxygen atoms in total. The molecule has 0 N–H and O–H groups in total. The second kappa shape index (κ2) is 13.2. The normalized spacial score (nSPS) is 29.9. The molecule has 6 aromatic rings. The topological polar surface area (TPSA) is 3.24 Å². The molecule has 0 bridgehead atoms. The molecule has 0 saturated heterocycles. The van der Waals surface area contributed by atoms with Crippen molar-refractivity contribution in [1.82, 2.24) is 0 Å². The number of fused-ring (bicyclic) bond motifs is 4. The number of para-hydroxylation sites is 1. The summed E-state index contributed by atoms with van der Waals surface area (Å²) in [6.07, 6.45) is 21.3. The van der Waals surface area contributed by atoms with Crippen LogP contribution in [0.25, 0.3) is 33.5 Å². The second-order valence-electron chi connectivity index (χ2n) is 20.8. The summed E-state index contributed by atoms with van der Waals surface area (Å²) in [5, 5.41) is 2.88. The van der Waals surface area contributed by atoms with E-state index in [0.29, 0.717) is 5.92 Å². The van der Waals surface area contributed by atoms with E-state index in [-0.39, 0.29) is 27.7 Å². The van der Waals surface area contributed by atoms with Gasteiger partial charge in [-0.1, -0.05) is 168 Å². The van der Waals surface area contributed by atoms with Crippen LogP contribution in [-0.2, 0) is 19.3 Å². The van der Waals surface area contributed by atoms with E-state index in [1.54, 1.807) is 11.1 Å². The first-order chi connectivity index (χ1) is 29.2. The minimum absolute atomic E-state index is 0.0970. The van der Waals surface area contributed by atoms with E-state index in [0.717, 1.165) is 12.8 Å². The number of hydrogen-bond acceptors (Lipinski definition) is 1. The first-order valence-corrected chi connectivity index (χ1v) is 23.3. The van der Waals surface area contributed by atoms with E-state index in [9.17, 15) is 0 Å². The Hall–Kier alpha value is -5.14.